The third kappa shape index (κ3) is 3.76. The van der Waals surface area contributed by atoms with Crippen LogP contribution in [0.3, 0.4) is 0 Å². The van der Waals surface area contributed by atoms with Gasteiger partial charge in [0.05, 0.1) is 7.11 Å². The van der Waals surface area contributed by atoms with Gasteiger partial charge in [-0.1, -0.05) is 6.07 Å². The molecule has 0 saturated carbocycles. The van der Waals surface area contributed by atoms with Crippen molar-refractivity contribution in [1.82, 2.24) is 0 Å². The molecule has 0 aliphatic carbocycles. The number of benzene rings is 2. The molecule has 6 heteroatoms. The number of anilines is 1. The molecule has 1 heterocycles. The number of halogens is 1. The number of aryl methyl sites for hydroxylation is 1. The molecule has 0 unspecified atom stereocenters. The van der Waals surface area contributed by atoms with E-state index in [-0.39, 0.29) is 18.1 Å². The van der Waals surface area contributed by atoms with Crippen molar-refractivity contribution in [3.05, 3.63) is 47.8 Å². The number of fused-ring (bicyclic) bond motifs is 1. The predicted octanol–water partition coefficient (Wildman–Crippen LogP) is 3.18. The van der Waals surface area contributed by atoms with Crippen LogP contribution in [0.25, 0.3) is 0 Å². The molecule has 3 rings (SSSR count). The fourth-order valence-electron chi connectivity index (χ4n) is 2.47. The molecule has 0 fully saturated rings. The van der Waals surface area contributed by atoms with Gasteiger partial charge < -0.3 is 19.5 Å². The SMILES string of the molecule is COc1ccc(CCC(=O)Nc2ccc3c(c2)OCCO3)cc1F. The molecule has 2 aromatic rings. The maximum atomic E-state index is 13.6. The molecule has 1 aliphatic heterocycles. The van der Waals surface area contributed by atoms with Crippen LogP contribution < -0.4 is 19.5 Å². The lowest BCUT2D eigenvalue weighted by molar-refractivity contribution is -0.116. The molecule has 24 heavy (non-hydrogen) atoms. The molecular formula is C18H18FNO4. The van der Waals surface area contributed by atoms with Gasteiger partial charge in [-0.2, -0.15) is 0 Å². The number of carbonyl (C=O) groups is 1. The Bertz CT molecular complexity index is 748. The summed E-state index contributed by atoms with van der Waals surface area (Å²) in [4.78, 5) is 12.1. The molecular weight excluding hydrogens is 313 g/mol. The highest BCUT2D eigenvalue weighted by Crippen LogP contribution is 2.32. The first-order valence-corrected chi connectivity index (χ1v) is 7.67. The predicted molar refractivity (Wildman–Crippen MR) is 87.3 cm³/mol. The summed E-state index contributed by atoms with van der Waals surface area (Å²) in [6.07, 6.45) is 0.692. The van der Waals surface area contributed by atoms with Gasteiger partial charge >= 0.3 is 0 Å². The van der Waals surface area contributed by atoms with E-state index in [2.05, 4.69) is 5.32 Å². The number of carbonyl (C=O) groups excluding carboxylic acids is 1. The molecule has 0 bridgehead atoms. The zero-order chi connectivity index (χ0) is 16.9. The standard InChI is InChI=1S/C18H18FNO4/c1-22-15-5-2-12(10-14(15)19)3-7-18(21)20-13-4-6-16-17(11-13)24-9-8-23-16/h2,4-6,10-11H,3,7-9H2,1H3,(H,20,21). The lowest BCUT2D eigenvalue weighted by Crippen LogP contribution is -2.16. The molecule has 5 nitrogen and oxygen atoms in total. The average molecular weight is 331 g/mol. The van der Waals surface area contributed by atoms with E-state index in [4.69, 9.17) is 14.2 Å². The Morgan fingerprint density at radius 3 is 2.71 bits per heavy atom. The fourth-order valence-corrected chi connectivity index (χ4v) is 2.47. The summed E-state index contributed by atoms with van der Waals surface area (Å²) in [6.45, 7) is 1.02. The molecule has 1 N–H and O–H groups in total. The van der Waals surface area contributed by atoms with Crippen LogP contribution in [0.5, 0.6) is 17.2 Å². The Balaban J connectivity index is 1.57. The van der Waals surface area contributed by atoms with Crippen molar-refractivity contribution in [2.24, 2.45) is 0 Å². The summed E-state index contributed by atoms with van der Waals surface area (Å²) in [5, 5.41) is 2.81. The molecule has 1 amide bonds. The van der Waals surface area contributed by atoms with E-state index in [1.807, 2.05) is 0 Å². The maximum absolute atomic E-state index is 13.6. The summed E-state index contributed by atoms with van der Waals surface area (Å²) < 4.78 is 29.4. The van der Waals surface area contributed by atoms with Crippen molar-refractivity contribution in [2.75, 3.05) is 25.6 Å². The van der Waals surface area contributed by atoms with Crippen LogP contribution in [0, 0.1) is 5.82 Å². The highest BCUT2D eigenvalue weighted by molar-refractivity contribution is 5.91. The van der Waals surface area contributed by atoms with Gasteiger partial charge in [0.2, 0.25) is 5.91 Å². The summed E-state index contributed by atoms with van der Waals surface area (Å²) >= 11 is 0. The van der Waals surface area contributed by atoms with Gasteiger partial charge in [0.1, 0.15) is 13.2 Å². The number of nitrogens with one attached hydrogen (secondary N) is 1. The van der Waals surface area contributed by atoms with Crippen LogP contribution in [0.2, 0.25) is 0 Å². The van der Waals surface area contributed by atoms with Crippen LogP contribution >= 0.6 is 0 Å². The van der Waals surface area contributed by atoms with Gasteiger partial charge in [0, 0.05) is 18.2 Å². The zero-order valence-electron chi connectivity index (χ0n) is 13.3. The van der Waals surface area contributed by atoms with E-state index in [1.165, 1.54) is 13.2 Å². The normalized spacial score (nSPS) is 12.6. The van der Waals surface area contributed by atoms with E-state index in [1.54, 1.807) is 30.3 Å². The first-order chi connectivity index (χ1) is 11.7. The summed E-state index contributed by atoms with van der Waals surface area (Å²) in [5.74, 6) is 0.911. The van der Waals surface area contributed by atoms with Gasteiger partial charge in [-0.25, -0.2) is 4.39 Å². The fraction of sp³-hybridized carbons (Fsp3) is 0.278. The number of hydrogen-bond donors (Lipinski definition) is 1. The van der Waals surface area contributed by atoms with Gasteiger partial charge in [-0.05, 0) is 36.2 Å². The second-order valence-corrected chi connectivity index (χ2v) is 5.38. The number of methoxy groups -OCH3 is 1. The van der Waals surface area contributed by atoms with Gasteiger partial charge in [0.15, 0.2) is 23.1 Å². The minimum Gasteiger partial charge on any atom is -0.494 e. The highest BCUT2D eigenvalue weighted by atomic mass is 19.1. The number of rotatable bonds is 5. The summed E-state index contributed by atoms with van der Waals surface area (Å²) in [7, 11) is 1.42. The number of hydrogen-bond acceptors (Lipinski definition) is 4. The molecule has 0 radical (unpaired) electrons. The molecule has 0 spiro atoms. The van der Waals surface area contributed by atoms with Gasteiger partial charge in [-0.15, -0.1) is 0 Å². The van der Waals surface area contributed by atoms with Crippen LogP contribution in [-0.4, -0.2) is 26.2 Å². The van der Waals surface area contributed by atoms with Crippen LogP contribution in [0.1, 0.15) is 12.0 Å². The van der Waals surface area contributed by atoms with Crippen LogP contribution in [0.4, 0.5) is 10.1 Å². The lowest BCUT2D eigenvalue weighted by atomic mass is 10.1. The molecule has 0 aromatic heterocycles. The van der Waals surface area contributed by atoms with Crippen molar-refractivity contribution < 1.29 is 23.4 Å². The smallest absolute Gasteiger partial charge is 0.224 e. The summed E-state index contributed by atoms with van der Waals surface area (Å²) in [6, 6.07) is 9.96. The van der Waals surface area contributed by atoms with Crippen molar-refractivity contribution >= 4 is 11.6 Å². The molecule has 2 aromatic carbocycles. The lowest BCUT2D eigenvalue weighted by Gasteiger charge is -2.19. The highest BCUT2D eigenvalue weighted by Gasteiger charge is 2.13. The van der Waals surface area contributed by atoms with E-state index in [0.717, 1.165) is 5.56 Å². The average Bonchev–Trinajstić information content (AvgIpc) is 2.60. The van der Waals surface area contributed by atoms with Crippen LogP contribution in [0.15, 0.2) is 36.4 Å². The topological polar surface area (TPSA) is 56.8 Å². The number of ether oxygens (including phenoxy) is 3. The number of amides is 1. The van der Waals surface area contributed by atoms with Gasteiger partial charge in [-0.3, -0.25) is 4.79 Å². The molecule has 0 atom stereocenters. The third-order valence-electron chi connectivity index (χ3n) is 3.68. The van der Waals surface area contributed by atoms with E-state index in [0.29, 0.717) is 36.8 Å². The van der Waals surface area contributed by atoms with E-state index in [9.17, 15) is 9.18 Å². The first kappa shape index (κ1) is 16.1. The Labute approximate surface area is 139 Å². The largest absolute Gasteiger partial charge is 0.494 e. The minimum atomic E-state index is -0.428. The second kappa shape index (κ2) is 7.21. The summed E-state index contributed by atoms with van der Waals surface area (Å²) in [5.41, 5.74) is 1.38. The quantitative estimate of drug-likeness (QED) is 0.914. The molecule has 0 saturated heterocycles. The Morgan fingerprint density at radius 2 is 1.96 bits per heavy atom. The second-order valence-electron chi connectivity index (χ2n) is 5.38. The first-order valence-electron chi connectivity index (χ1n) is 7.67. The maximum Gasteiger partial charge on any atom is 0.224 e. The minimum absolute atomic E-state index is 0.150. The monoisotopic (exact) mass is 331 g/mol. The molecule has 126 valence electrons. The molecule has 1 aliphatic rings. The van der Waals surface area contributed by atoms with Crippen molar-refractivity contribution in [3.63, 3.8) is 0 Å². The Hall–Kier alpha value is -2.76. The third-order valence-corrected chi connectivity index (χ3v) is 3.68. The van der Waals surface area contributed by atoms with Crippen molar-refractivity contribution in [2.45, 2.75) is 12.8 Å². The van der Waals surface area contributed by atoms with E-state index >= 15 is 0 Å². The Morgan fingerprint density at radius 1 is 1.17 bits per heavy atom. The van der Waals surface area contributed by atoms with Crippen LogP contribution in [-0.2, 0) is 11.2 Å². The Kier molecular flexibility index (Phi) is 4.84. The van der Waals surface area contributed by atoms with Gasteiger partial charge in [0.25, 0.3) is 0 Å². The zero-order valence-corrected chi connectivity index (χ0v) is 13.3. The van der Waals surface area contributed by atoms with Crippen molar-refractivity contribution in [3.8, 4) is 17.2 Å². The van der Waals surface area contributed by atoms with Crippen molar-refractivity contribution in [1.29, 1.82) is 0 Å². The van der Waals surface area contributed by atoms with E-state index < -0.39 is 5.82 Å².